The molecule has 0 fully saturated rings. The van der Waals surface area contributed by atoms with Crippen molar-refractivity contribution in [3.8, 4) is 0 Å². The standard InChI is InChI=1S/Fe.Na.H3O4P/c;;1-5(2,3)4/h;;(H3,1,2,3,4)/q+3;+1;/p-3. The zero-order valence-corrected chi connectivity index (χ0v) is 7.43. The summed E-state index contributed by atoms with van der Waals surface area (Å²) in [5.74, 6) is 0. The third kappa shape index (κ3) is 91.1. The molecule has 0 N–H and O–H groups in total. The SMILES string of the molecule is O=P([O-])([O-])[O-].[Fe+3].[Na+]. The van der Waals surface area contributed by atoms with Crippen molar-refractivity contribution in [3.63, 3.8) is 0 Å². The minimum absolute atomic E-state index is 0. The Morgan fingerprint density at radius 2 is 1.14 bits per heavy atom. The van der Waals surface area contributed by atoms with Gasteiger partial charge in [-0.2, -0.15) is 7.82 Å². The van der Waals surface area contributed by atoms with Crippen LogP contribution in [-0.4, -0.2) is 0 Å². The van der Waals surface area contributed by atoms with Crippen molar-refractivity contribution in [3.05, 3.63) is 0 Å². The van der Waals surface area contributed by atoms with Crippen molar-refractivity contribution in [1.29, 1.82) is 0 Å². The second-order valence-electron chi connectivity index (χ2n) is 0.447. The van der Waals surface area contributed by atoms with Crippen molar-refractivity contribution in [2.75, 3.05) is 0 Å². The summed E-state index contributed by atoms with van der Waals surface area (Å²) in [7, 11) is -5.39. The molecule has 0 aliphatic rings. The van der Waals surface area contributed by atoms with E-state index in [1.807, 2.05) is 0 Å². The number of hydrogen-bond acceptors (Lipinski definition) is 4. The van der Waals surface area contributed by atoms with Crippen LogP contribution in [0.2, 0.25) is 0 Å². The van der Waals surface area contributed by atoms with Crippen LogP contribution in [0, 0.1) is 0 Å². The summed E-state index contributed by atoms with van der Waals surface area (Å²) < 4.78 is 8.55. The average molecular weight is 174 g/mol. The smallest absolute Gasteiger partial charge is 0.822 e. The van der Waals surface area contributed by atoms with Gasteiger partial charge in [-0.1, -0.05) is 0 Å². The normalized spacial score (nSPS) is 8.43. The molecule has 0 aliphatic carbocycles. The predicted octanol–water partition coefficient (Wildman–Crippen LogP) is -5.82. The van der Waals surface area contributed by atoms with E-state index >= 15 is 0 Å². The van der Waals surface area contributed by atoms with Crippen LogP contribution in [-0.2, 0) is 21.6 Å². The summed E-state index contributed by atoms with van der Waals surface area (Å²) in [6.07, 6.45) is 0. The summed E-state index contributed by atoms with van der Waals surface area (Å²) in [4.78, 5) is 25.6. The first-order valence-corrected chi connectivity index (χ1v) is 2.19. The van der Waals surface area contributed by atoms with Crippen LogP contribution in [0.4, 0.5) is 0 Å². The third-order valence-electron chi connectivity index (χ3n) is 0. The minimum Gasteiger partial charge on any atom is -0.822 e. The second-order valence-corrected chi connectivity index (χ2v) is 1.34. The first-order chi connectivity index (χ1) is 2.00. The van der Waals surface area contributed by atoms with E-state index in [2.05, 4.69) is 0 Å². The Morgan fingerprint density at radius 1 is 1.14 bits per heavy atom. The van der Waals surface area contributed by atoms with E-state index in [4.69, 9.17) is 19.2 Å². The molecule has 0 unspecified atom stereocenters. The monoisotopic (exact) mass is 174 g/mol. The van der Waals surface area contributed by atoms with E-state index in [9.17, 15) is 0 Å². The first kappa shape index (κ1) is 15.9. The van der Waals surface area contributed by atoms with E-state index in [0.29, 0.717) is 0 Å². The zero-order valence-electron chi connectivity index (χ0n) is 3.43. The Labute approximate surface area is 73.3 Å². The van der Waals surface area contributed by atoms with Gasteiger partial charge in [0.2, 0.25) is 0 Å². The van der Waals surface area contributed by atoms with Gasteiger partial charge in [0.05, 0.1) is 0 Å². The van der Waals surface area contributed by atoms with Gasteiger partial charge in [0.15, 0.2) is 0 Å². The van der Waals surface area contributed by atoms with Gasteiger partial charge in [-0.3, -0.25) is 0 Å². The first-order valence-electron chi connectivity index (χ1n) is 0.730. The molecule has 0 saturated heterocycles. The molecule has 37 valence electrons. The molecule has 4 nitrogen and oxygen atoms in total. The maximum absolute atomic E-state index is 8.55. The molecule has 0 aromatic carbocycles. The van der Waals surface area contributed by atoms with Gasteiger partial charge in [-0.25, -0.2) is 0 Å². The van der Waals surface area contributed by atoms with Crippen LogP contribution in [0.15, 0.2) is 0 Å². The number of hydrogen-bond donors (Lipinski definition) is 0. The van der Waals surface area contributed by atoms with Gasteiger partial charge in [0, 0.05) is 0 Å². The fraction of sp³-hybridized carbons (Fsp3) is 0. The zero-order chi connectivity index (χ0) is 4.50. The molecule has 7 heteroatoms. The third-order valence-corrected chi connectivity index (χ3v) is 0. The topological polar surface area (TPSA) is 86.2 Å². The Morgan fingerprint density at radius 3 is 1.14 bits per heavy atom. The van der Waals surface area contributed by atoms with Crippen LogP contribution < -0.4 is 44.2 Å². The summed E-state index contributed by atoms with van der Waals surface area (Å²) in [5, 5.41) is 0. The van der Waals surface area contributed by atoms with Gasteiger partial charge in [-0.15, -0.1) is 0 Å². The van der Waals surface area contributed by atoms with Crippen molar-refractivity contribution in [2.45, 2.75) is 0 Å². The van der Waals surface area contributed by atoms with Gasteiger partial charge in [0.1, 0.15) is 0 Å². The maximum atomic E-state index is 8.55. The Balaban J connectivity index is -0.0000000800. The molecule has 7 heavy (non-hydrogen) atoms. The Hall–Kier alpha value is 1.63. The van der Waals surface area contributed by atoms with Gasteiger partial charge < -0.3 is 19.2 Å². The largest absolute Gasteiger partial charge is 3.00 e. The quantitative estimate of drug-likeness (QED) is 0.270. The van der Waals surface area contributed by atoms with E-state index in [1.54, 1.807) is 0 Å². The van der Waals surface area contributed by atoms with Crippen molar-refractivity contribution < 1.29 is 65.9 Å². The fourth-order valence-corrected chi connectivity index (χ4v) is 0. The molecule has 0 bridgehead atoms. The van der Waals surface area contributed by atoms with Gasteiger partial charge in [0.25, 0.3) is 0 Å². The molecule has 0 saturated carbocycles. The number of rotatable bonds is 0. The van der Waals surface area contributed by atoms with E-state index in [0.717, 1.165) is 0 Å². The molecular weight excluding hydrogens is 174 g/mol. The molecule has 0 atom stereocenters. The van der Waals surface area contributed by atoms with Crippen LogP contribution in [0.1, 0.15) is 0 Å². The fourth-order valence-electron chi connectivity index (χ4n) is 0. The summed E-state index contributed by atoms with van der Waals surface area (Å²) >= 11 is 0. The molecule has 0 spiro atoms. The molecule has 0 amide bonds. The number of phosphoric acid groups is 1. The van der Waals surface area contributed by atoms with Crippen LogP contribution >= 0.6 is 7.82 Å². The van der Waals surface area contributed by atoms with Crippen molar-refractivity contribution in [2.24, 2.45) is 0 Å². The van der Waals surface area contributed by atoms with Gasteiger partial charge in [-0.05, 0) is 0 Å². The Kier molecular flexibility index (Phi) is 13.0. The van der Waals surface area contributed by atoms with Crippen LogP contribution in [0.3, 0.4) is 0 Å². The van der Waals surface area contributed by atoms with Gasteiger partial charge >= 0.3 is 46.6 Å². The molecule has 0 aliphatic heterocycles. The molecule has 0 heterocycles. The summed E-state index contributed by atoms with van der Waals surface area (Å²) in [6.45, 7) is 0. The summed E-state index contributed by atoms with van der Waals surface area (Å²) in [5.41, 5.74) is 0. The molecule has 0 aromatic rings. The summed E-state index contributed by atoms with van der Waals surface area (Å²) in [6, 6.07) is 0. The van der Waals surface area contributed by atoms with E-state index < -0.39 is 7.82 Å². The van der Waals surface area contributed by atoms with E-state index in [-0.39, 0.29) is 46.6 Å². The average Bonchev–Trinajstić information content (AvgIpc) is 0.722. The Bertz CT molecular complexity index is 57.8. The van der Waals surface area contributed by atoms with Crippen molar-refractivity contribution >= 4 is 7.82 Å². The molecule has 0 rings (SSSR count). The van der Waals surface area contributed by atoms with Crippen LogP contribution in [0.5, 0.6) is 0 Å². The molecule has 0 aromatic heterocycles. The van der Waals surface area contributed by atoms with E-state index in [1.165, 1.54) is 0 Å². The second kappa shape index (κ2) is 5.76. The minimum atomic E-state index is -5.39. The maximum Gasteiger partial charge on any atom is 3.00 e. The van der Waals surface area contributed by atoms with Crippen LogP contribution in [0.25, 0.3) is 0 Å². The molecule has 1 radical (unpaired) electrons. The molecular formula is FeNaO4P+. The predicted molar refractivity (Wildman–Crippen MR) is 7.61 cm³/mol. The van der Waals surface area contributed by atoms with Crippen molar-refractivity contribution in [1.82, 2.24) is 0 Å².